The first-order valence-corrected chi connectivity index (χ1v) is 8.96. The summed E-state index contributed by atoms with van der Waals surface area (Å²) in [6.07, 6.45) is 2.34. The zero-order valence-electron chi connectivity index (χ0n) is 15.4. The highest BCUT2D eigenvalue weighted by atomic mass is 16.5. The summed E-state index contributed by atoms with van der Waals surface area (Å²) in [5.74, 6) is -1.96. The van der Waals surface area contributed by atoms with Gasteiger partial charge in [-0.3, -0.25) is 9.59 Å². The van der Waals surface area contributed by atoms with Gasteiger partial charge in [0.15, 0.2) is 0 Å². The molecule has 25 heavy (non-hydrogen) atoms. The Kier molecular flexibility index (Phi) is 7.14. The maximum atomic E-state index is 12.7. The molecule has 0 aliphatic carbocycles. The fourth-order valence-corrected chi connectivity index (χ4v) is 3.80. The van der Waals surface area contributed by atoms with E-state index in [2.05, 4.69) is 11.9 Å². The Morgan fingerprint density at radius 3 is 2.52 bits per heavy atom. The van der Waals surface area contributed by atoms with Crippen molar-refractivity contribution in [2.75, 3.05) is 20.7 Å². The highest BCUT2D eigenvalue weighted by Crippen LogP contribution is 2.27. The van der Waals surface area contributed by atoms with Crippen LogP contribution in [-0.4, -0.2) is 54.6 Å². The summed E-state index contributed by atoms with van der Waals surface area (Å²) in [6, 6.07) is 9.69. The molecule has 0 bridgehead atoms. The van der Waals surface area contributed by atoms with Crippen LogP contribution in [0.5, 0.6) is 0 Å². The summed E-state index contributed by atoms with van der Waals surface area (Å²) in [7, 11) is 3.69. The minimum absolute atomic E-state index is 0.0320. The molecule has 0 aromatic heterocycles. The minimum Gasteiger partial charge on any atom is -0.481 e. The van der Waals surface area contributed by atoms with E-state index in [1.165, 1.54) is 0 Å². The number of likely N-dealkylation sites (N-methyl/N-ethyl adjacent to an activating group) is 1. The fraction of sp³-hybridized carbons (Fsp3) is 0.600. The summed E-state index contributed by atoms with van der Waals surface area (Å²) in [5, 5.41) is 9.52. The van der Waals surface area contributed by atoms with Gasteiger partial charge in [0.25, 0.3) is 0 Å². The zero-order valence-corrected chi connectivity index (χ0v) is 15.4. The van der Waals surface area contributed by atoms with Gasteiger partial charge in [-0.15, -0.1) is 0 Å². The molecule has 1 aliphatic rings. The molecule has 1 N–H and O–H groups in total. The van der Waals surface area contributed by atoms with Crippen LogP contribution in [0.3, 0.4) is 0 Å². The van der Waals surface area contributed by atoms with Gasteiger partial charge < -0.3 is 14.7 Å². The predicted octanol–water partition coefficient (Wildman–Crippen LogP) is 2.63. The molecular weight excluding hydrogens is 318 g/mol. The second kappa shape index (κ2) is 9.11. The average molecular weight is 347 g/mol. The number of aliphatic carboxylic acids is 1. The zero-order chi connectivity index (χ0) is 18.4. The van der Waals surface area contributed by atoms with E-state index in [9.17, 15) is 14.7 Å². The molecule has 1 fully saturated rings. The van der Waals surface area contributed by atoms with E-state index in [1.807, 2.05) is 37.3 Å². The van der Waals surface area contributed by atoms with E-state index < -0.39 is 11.9 Å². The van der Waals surface area contributed by atoms with E-state index >= 15 is 0 Å². The number of rotatable bonds is 9. The van der Waals surface area contributed by atoms with Crippen molar-refractivity contribution < 1.29 is 19.4 Å². The van der Waals surface area contributed by atoms with Crippen LogP contribution < -0.4 is 0 Å². The summed E-state index contributed by atoms with van der Waals surface area (Å²) < 4.78 is 5.64. The quantitative estimate of drug-likeness (QED) is 0.744. The summed E-state index contributed by atoms with van der Waals surface area (Å²) in [5.41, 5.74) is 0.939. The van der Waals surface area contributed by atoms with Crippen molar-refractivity contribution in [2.24, 2.45) is 11.8 Å². The van der Waals surface area contributed by atoms with Gasteiger partial charge in [0.2, 0.25) is 0 Å². The molecule has 0 saturated carbocycles. The van der Waals surface area contributed by atoms with Gasteiger partial charge >= 0.3 is 5.97 Å². The number of hydrogen-bond donors (Lipinski definition) is 1. The standard InChI is InChI=1S/C20H29NO4/c1-14(19(25-3)17-10-7-11-21(17)2)18(22)13-16(20(23)24)12-15-8-5-4-6-9-15/h4-6,8-9,14,16-17,19H,7,10-13H2,1-3H3,(H,23,24)/t14-,16?,17-,19+/m0/s1. The van der Waals surface area contributed by atoms with Crippen LogP contribution in [0.25, 0.3) is 0 Å². The highest BCUT2D eigenvalue weighted by molar-refractivity contribution is 5.86. The molecule has 5 nitrogen and oxygen atoms in total. The van der Waals surface area contributed by atoms with Crippen molar-refractivity contribution in [1.29, 1.82) is 0 Å². The number of methoxy groups -OCH3 is 1. The van der Waals surface area contributed by atoms with Crippen LogP contribution in [-0.2, 0) is 20.7 Å². The van der Waals surface area contributed by atoms with Gasteiger partial charge in [-0.25, -0.2) is 0 Å². The number of carbonyl (C=O) groups is 2. The van der Waals surface area contributed by atoms with Crippen LogP contribution in [0, 0.1) is 11.8 Å². The molecule has 0 radical (unpaired) electrons. The molecular formula is C20H29NO4. The summed E-state index contributed by atoms with van der Waals surface area (Å²) in [4.78, 5) is 26.6. The van der Waals surface area contributed by atoms with Crippen molar-refractivity contribution in [3.05, 3.63) is 35.9 Å². The lowest BCUT2D eigenvalue weighted by Crippen LogP contribution is -2.44. The van der Waals surface area contributed by atoms with Crippen LogP contribution >= 0.6 is 0 Å². The molecule has 138 valence electrons. The maximum Gasteiger partial charge on any atom is 0.307 e. The SMILES string of the molecule is CO[C@H]([C@@H](C)C(=O)CC(Cc1ccccc1)C(=O)O)[C@@H]1CCCN1C. The Morgan fingerprint density at radius 1 is 1.32 bits per heavy atom. The number of carboxylic acids is 1. The Bertz CT molecular complexity index is 574. The van der Waals surface area contributed by atoms with Crippen molar-refractivity contribution in [3.8, 4) is 0 Å². The highest BCUT2D eigenvalue weighted by Gasteiger charge is 2.37. The van der Waals surface area contributed by atoms with Gasteiger partial charge in [0.05, 0.1) is 12.0 Å². The van der Waals surface area contributed by atoms with E-state index in [0.717, 1.165) is 24.9 Å². The summed E-state index contributed by atoms with van der Waals surface area (Å²) in [6.45, 7) is 2.88. The van der Waals surface area contributed by atoms with E-state index in [4.69, 9.17) is 4.74 Å². The van der Waals surface area contributed by atoms with Crippen molar-refractivity contribution in [1.82, 2.24) is 4.90 Å². The third-order valence-corrected chi connectivity index (χ3v) is 5.35. The third kappa shape index (κ3) is 5.13. The normalized spacial score (nSPS) is 21.6. The average Bonchev–Trinajstić information content (AvgIpc) is 3.01. The predicted molar refractivity (Wildman–Crippen MR) is 96.5 cm³/mol. The number of ketones is 1. The molecule has 4 atom stereocenters. The topological polar surface area (TPSA) is 66.8 Å². The lowest BCUT2D eigenvalue weighted by molar-refractivity contribution is -0.145. The number of benzene rings is 1. The second-order valence-electron chi connectivity index (χ2n) is 7.07. The Morgan fingerprint density at radius 2 is 2.00 bits per heavy atom. The monoisotopic (exact) mass is 347 g/mol. The Hall–Kier alpha value is -1.72. The minimum atomic E-state index is -0.920. The molecule has 1 aromatic rings. The molecule has 0 amide bonds. The lowest BCUT2D eigenvalue weighted by Gasteiger charge is -2.32. The summed E-state index contributed by atoms with van der Waals surface area (Å²) >= 11 is 0. The number of hydrogen-bond acceptors (Lipinski definition) is 4. The van der Waals surface area contributed by atoms with Crippen LogP contribution in [0.2, 0.25) is 0 Å². The lowest BCUT2D eigenvalue weighted by atomic mass is 9.86. The molecule has 1 aromatic carbocycles. The first kappa shape index (κ1) is 19.6. The Balaban J connectivity index is 2.02. The molecule has 1 aliphatic heterocycles. The van der Waals surface area contributed by atoms with E-state index in [-0.39, 0.29) is 30.3 Å². The fourth-order valence-electron chi connectivity index (χ4n) is 3.80. The van der Waals surface area contributed by atoms with E-state index in [0.29, 0.717) is 6.42 Å². The van der Waals surface area contributed by atoms with Gasteiger partial charge in [0.1, 0.15) is 5.78 Å². The molecule has 5 heteroatoms. The number of carboxylic acid groups (broad SMARTS) is 1. The molecule has 1 heterocycles. The van der Waals surface area contributed by atoms with Crippen LogP contribution in [0.15, 0.2) is 30.3 Å². The number of nitrogens with zero attached hydrogens (tertiary/aromatic N) is 1. The maximum absolute atomic E-state index is 12.7. The van der Waals surface area contributed by atoms with Gasteiger partial charge in [-0.2, -0.15) is 0 Å². The van der Waals surface area contributed by atoms with Crippen molar-refractivity contribution in [2.45, 2.75) is 44.8 Å². The van der Waals surface area contributed by atoms with E-state index in [1.54, 1.807) is 7.11 Å². The third-order valence-electron chi connectivity index (χ3n) is 5.35. The molecule has 0 spiro atoms. The first-order valence-electron chi connectivity index (χ1n) is 8.96. The first-order chi connectivity index (χ1) is 11.9. The Labute approximate surface area is 150 Å². The van der Waals surface area contributed by atoms with Crippen molar-refractivity contribution in [3.63, 3.8) is 0 Å². The van der Waals surface area contributed by atoms with Gasteiger partial charge in [-0.1, -0.05) is 37.3 Å². The van der Waals surface area contributed by atoms with Gasteiger partial charge in [0, 0.05) is 25.5 Å². The van der Waals surface area contributed by atoms with Crippen LogP contribution in [0.1, 0.15) is 31.7 Å². The number of Topliss-reactive ketones (excluding diaryl/α,β-unsaturated/α-hetero) is 1. The van der Waals surface area contributed by atoms with Gasteiger partial charge in [-0.05, 0) is 38.4 Å². The number of ether oxygens (including phenoxy) is 1. The largest absolute Gasteiger partial charge is 0.481 e. The van der Waals surface area contributed by atoms with Crippen LogP contribution in [0.4, 0.5) is 0 Å². The smallest absolute Gasteiger partial charge is 0.307 e. The van der Waals surface area contributed by atoms with Crippen molar-refractivity contribution >= 4 is 11.8 Å². The molecule has 1 saturated heterocycles. The molecule has 2 rings (SSSR count). The molecule has 1 unspecified atom stereocenters. The second-order valence-corrected chi connectivity index (χ2v) is 7.07. The number of likely N-dealkylation sites (tertiary alicyclic amines) is 1. The number of carbonyl (C=O) groups excluding carboxylic acids is 1.